The van der Waals surface area contributed by atoms with E-state index >= 15 is 0 Å². The number of hydrogen-bond acceptors (Lipinski definition) is 3. The minimum Gasteiger partial charge on any atom is -0.316 e. The third-order valence-electron chi connectivity index (χ3n) is 2.48. The number of aromatic nitrogens is 2. The normalized spacial score (nSPS) is 23.0. The maximum Gasteiger partial charge on any atom is 0.132 e. The highest BCUT2D eigenvalue weighted by atomic mass is 14.9. The van der Waals surface area contributed by atoms with Crippen LogP contribution >= 0.6 is 0 Å². The first kappa shape index (κ1) is 8.63. The number of piperidine rings is 1. The van der Waals surface area contributed by atoms with Gasteiger partial charge in [-0.15, -0.1) is 0 Å². The minimum absolute atomic E-state index is 0.522. The van der Waals surface area contributed by atoms with Crippen LogP contribution in [0.1, 0.15) is 30.3 Å². The van der Waals surface area contributed by atoms with Crippen LogP contribution in [0.15, 0.2) is 12.3 Å². The zero-order valence-electron chi connectivity index (χ0n) is 7.95. The summed E-state index contributed by atoms with van der Waals surface area (Å²) in [5, 5.41) is 3.37. The van der Waals surface area contributed by atoms with Crippen LogP contribution in [0.25, 0.3) is 0 Å². The van der Waals surface area contributed by atoms with Crippen LogP contribution in [0, 0.1) is 6.92 Å². The smallest absolute Gasteiger partial charge is 0.132 e. The van der Waals surface area contributed by atoms with Crippen LogP contribution < -0.4 is 5.32 Å². The van der Waals surface area contributed by atoms with Gasteiger partial charge in [-0.05, 0) is 32.4 Å². The maximum atomic E-state index is 4.45. The molecule has 1 aliphatic heterocycles. The molecule has 0 aliphatic carbocycles. The Balaban J connectivity index is 2.14. The summed E-state index contributed by atoms with van der Waals surface area (Å²) in [6.45, 7) is 4.19. The first-order valence-electron chi connectivity index (χ1n) is 4.86. The first-order valence-corrected chi connectivity index (χ1v) is 4.86. The van der Waals surface area contributed by atoms with Gasteiger partial charge in [0, 0.05) is 24.4 Å². The highest BCUT2D eigenvalue weighted by molar-refractivity contribution is 5.05. The zero-order chi connectivity index (χ0) is 9.10. The van der Waals surface area contributed by atoms with E-state index < -0.39 is 0 Å². The molecule has 0 spiro atoms. The number of nitrogens with zero attached hydrogens (tertiary/aromatic N) is 2. The lowest BCUT2D eigenvalue weighted by Crippen LogP contribution is -2.29. The maximum absolute atomic E-state index is 4.45. The monoisotopic (exact) mass is 177 g/mol. The van der Waals surface area contributed by atoms with Crippen LogP contribution in [0.3, 0.4) is 0 Å². The lowest BCUT2D eigenvalue weighted by Gasteiger charge is -2.21. The van der Waals surface area contributed by atoms with Gasteiger partial charge in [-0.3, -0.25) is 0 Å². The fourth-order valence-electron chi connectivity index (χ4n) is 1.74. The fourth-order valence-corrected chi connectivity index (χ4v) is 1.74. The van der Waals surface area contributed by atoms with Crippen LogP contribution in [0.5, 0.6) is 0 Å². The van der Waals surface area contributed by atoms with Crippen molar-refractivity contribution in [2.24, 2.45) is 0 Å². The highest BCUT2D eigenvalue weighted by Gasteiger charge is 2.17. The first-order chi connectivity index (χ1) is 6.36. The summed E-state index contributed by atoms with van der Waals surface area (Å²) in [6, 6.07) is 1.94. The molecule has 2 heterocycles. The predicted octanol–water partition coefficient (Wildman–Crippen LogP) is 1.25. The summed E-state index contributed by atoms with van der Waals surface area (Å²) in [5.74, 6) is 1.53. The lowest BCUT2D eigenvalue weighted by atomic mass is 9.99. The van der Waals surface area contributed by atoms with Crippen molar-refractivity contribution >= 4 is 0 Å². The molecule has 3 nitrogen and oxygen atoms in total. The molecule has 1 N–H and O–H groups in total. The Morgan fingerprint density at radius 2 is 2.46 bits per heavy atom. The molecule has 1 aromatic heterocycles. The standard InChI is InChI=1S/C10H15N3/c1-8-4-6-12-10(13-8)9-3-2-5-11-7-9/h4,6,9,11H,2-3,5,7H2,1H3. The Hall–Kier alpha value is -0.960. The molecule has 1 saturated heterocycles. The van der Waals surface area contributed by atoms with Gasteiger partial charge < -0.3 is 5.32 Å². The van der Waals surface area contributed by atoms with Gasteiger partial charge in [0.2, 0.25) is 0 Å². The molecule has 0 aromatic carbocycles. The third-order valence-corrected chi connectivity index (χ3v) is 2.48. The highest BCUT2D eigenvalue weighted by Crippen LogP contribution is 2.19. The lowest BCUT2D eigenvalue weighted by molar-refractivity contribution is 0.446. The molecule has 70 valence electrons. The van der Waals surface area contributed by atoms with Crippen molar-refractivity contribution in [2.45, 2.75) is 25.7 Å². The molecule has 0 amide bonds. The van der Waals surface area contributed by atoms with E-state index in [9.17, 15) is 0 Å². The largest absolute Gasteiger partial charge is 0.316 e. The van der Waals surface area contributed by atoms with Crippen LogP contribution in [0.2, 0.25) is 0 Å². The van der Waals surface area contributed by atoms with Gasteiger partial charge in [-0.1, -0.05) is 0 Å². The summed E-state index contributed by atoms with van der Waals surface area (Å²) in [4.78, 5) is 8.76. The summed E-state index contributed by atoms with van der Waals surface area (Å²) >= 11 is 0. The Kier molecular flexibility index (Phi) is 2.54. The average molecular weight is 177 g/mol. The molecule has 1 unspecified atom stereocenters. The van der Waals surface area contributed by atoms with Gasteiger partial charge >= 0.3 is 0 Å². The van der Waals surface area contributed by atoms with Crippen molar-refractivity contribution in [1.29, 1.82) is 0 Å². The van der Waals surface area contributed by atoms with Gasteiger partial charge in [0.15, 0.2) is 0 Å². The Bertz CT molecular complexity index is 279. The van der Waals surface area contributed by atoms with Gasteiger partial charge in [0.25, 0.3) is 0 Å². The van der Waals surface area contributed by atoms with Gasteiger partial charge in [0.1, 0.15) is 5.82 Å². The summed E-state index contributed by atoms with van der Waals surface area (Å²) in [6.07, 6.45) is 4.31. The molecule has 0 bridgehead atoms. The van der Waals surface area contributed by atoms with Crippen molar-refractivity contribution in [1.82, 2.24) is 15.3 Å². The van der Waals surface area contributed by atoms with E-state index in [0.717, 1.165) is 24.6 Å². The Morgan fingerprint density at radius 1 is 1.54 bits per heavy atom. The van der Waals surface area contributed by atoms with Crippen molar-refractivity contribution in [3.63, 3.8) is 0 Å². The van der Waals surface area contributed by atoms with Crippen LogP contribution in [-0.4, -0.2) is 23.1 Å². The van der Waals surface area contributed by atoms with Crippen molar-refractivity contribution in [3.05, 3.63) is 23.8 Å². The number of aryl methyl sites for hydroxylation is 1. The average Bonchev–Trinajstić information content (AvgIpc) is 2.19. The SMILES string of the molecule is Cc1ccnc(C2CCCNC2)n1. The Morgan fingerprint density at radius 3 is 3.15 bits per heavy atom. The second-order valence-electron chi connectivity index (χ2n) is 3.60. The van der Waals surface area contributed by atoms with E-state index in [4.69, 9.17) is 0 Å². The molecule has 0 radical (unpaired) electrons. The molecule has 1 atom stereocenters. The minimum atomic E-state index is 0.522. The topological polar surface area (TPSA) is 37.8 Å². The second kappa shape index (κ2) is 3.83. The van der Waals surface area contributed by atoms with Crippen molar-refractivity contribution in [3.8, 4) is 0 Å². The van der Waals surface area contributed by atoms with E-state index in [2.05, 4.69) is 15.3 Å². The van der Waals surface area contributed by atoms with E-state index in [0.29, 0.717) is 5.92 Å². The number of hydrogen-bond donors (Lipinski definition) is 1. The van der Waals surface area contributed by atoms with Crippen molar-refractivity contribution in [2.75, 3.05) is 13.1 Å². The molecule has 2 rings (SSSR count). The molecule has 3 heteroatoms. The zero-order valence-corrected chi connectivity index (χ0v) is 7.95. The van der Waals surface area contributed by atoms with E-state index in [-0.39, 0.29) is 0 Å². The summed E-state index contributed by atoms with van der Waals surface area (Å²) < 4.78 is 0. The summed E-state index contributed by atoms with van der Waals surface area (Å²) in [7, 11) is 0. The molecular weight excluding hydrogens is 162 g/mol. The fraction of sp³-hybridized carbons (Fsp3) is 0.600. The number of nitrogens with one attached hydrogen (secondary N) is 1. The quantitative estimate of drug-likeness (QED) is 0.701. The molecule has 13 heavy (non-hydrogen) atoms. The molecule has 1 fully saturated rings. The van der Waals surface area contributed by atoms with Gasteiger partial charge in [0.05, 0.1) is 0 Å². The second-order valence-corrected chi connectivity index (χ2v) is 3.60. The van der Waals surface area contributed by atoms with E-state index in [1.165, 1.54) is 12.8 Å². The van der Waals surface area contributed by atoms with Gasteiger partial charge in [-0.25, -0.2) is 9.97 Å². The molecule has 0 saturated carbocycles. The third kappa shape index (κ3) is 2.04. The van der Waals surface area contributed by atoms with Crippen molar-refractivity contribution < 1.29 is 0 Å². The van der Waals surface area contributed by atoms with Crippen LogP contribution in [0.4, 0.5) is 0 Å². The molecule has 1 aromatic rings. The Labute approximate surface area is 78.6 Å². The van der Waals surface area contributed by atoms with E-state index in [1.807, 2.05) is 19.2 Å². The van der Waals surface area contributed by atoms with E-state index in [1.54, 1.807) is 0 Å². The summed E-state index contributed by atoms with van der Waals surface area (Å²) in [5.41, 5.74) is 1.07. The predicted molar refractivity (Wildman–Crippen MR) is 51.6 cm³/mol. The molecule has 1 aliphatic rings. The number of rotatable bonds is 1. The van der Waals surface area contributed by atoms with Gasteiger partial charge in [-0.2, -0.15) is 0 Å². The molecular formula is C10H15N3. The van der Waals surface area contributed by atoms with Crippen LogP contribution in [-0.2, 0) is 0 Å².